The van der Waals surface area contributed by atoms with E-state index >= 15 is 0 Å². The van der Waals surface area contributed by atoms with E-state index in [1.165, 1.54) is 16.2 Å². The summed E-state index contributed by atoms with van der Waals surface area (Å²) in [6, 6.07) is 6.10. The molecule has 0 aliphatic carbocycles. The zero-order valence-electron chi connectivity index (χ0n) is 9.83. The van der Waals surface area contributed by atoms with Crippen LogP contribution >= 0.6 is 0 Å². The Morgan fingerprint density at radius 3 is 2.29 bits per heavy atom. The molecule has 0 aromatic heterocycles. The van der Waals surface area contributed by atoms with Crippen molar-refractivity contribution >= 4 is 5.69 Å². The molecular weight excluding hydrogens is 174 g/mol. The van der Waals surface area contributed by atoms with Gasteiger partial charge in [-0.25, -0.2) is 0 Å². The first-order valence-corrected chi connectivity index (χ1v) is 5.17. The average Bonchev–Trinajstić information content (AvgIpc) is 2.20. The minimum absolute atomic E-state index is 0.900. The number of rotatable bonds is 2. The van der Waals surface area contributed by atoms with E-state index < -0.39 is 0 Å². The second-order valence-electron chi connectivity index (χ2n) is 3.01. The van der Waals surface area contributed by atoms with Crippen LogP contribution < -0.4 is 5.06 Å². The fourth-order valence-electron chi connectivity index (χ4n) is 1.27. The van der Waals surface area contributed by atoms with Gasteiger partial charge in [-0.05, 0) is 30.5 Å². The minimum atomic E-state index is 0.900. The summed E-state index contributed by atoms with van der Waals surface area (Å²) in [7, 11) is 1.65. The molecule has 0 bridgehead atoms. The van der Waals surface area contributed by atoms with Gasteiger partial charge in [0.15, 0.2) is 0 Å². The number of benzene rings is 1. The normalized spacial score (nSPS) is 9.00. The van der Waals surface area contributed by atoms with E-state index in [0.29, 0.717) is 0 Å². The van der Waals surface area contributed by atoms with Crippen LogP contribution in [0, 0.1) is 6.92 Å². The van der Waals surface area contributed by atoms with Crippen molar-refractivity contribution in [1.29, 1.82) is 0 Å². The lowest BCUT2D eigenvalue weighted by atomic mass is 10.1. The van der Waals surface area contributed by atoms with Gasteiger partial charge in [0.25, 0.3) is 0 Å². The van der Waals surface area contributed by atoms with Crippen LogP contribution in [0.15, 0.2) is 18.2 Å². The maximum Gasteiger partial charge on any atom is 0.0665 e. The van der Waals surface area contributed by atoms with Crippen LogP contribution in [0.3, 0.4) is 0 Å². The smallest absolute Gasteiger partial charge is 0.0665 e. The van der Waals surface area contributed by atoms with Gasteiger partial charge in [-0.15, -0.1) is 0 Å². The third-order valence-electron chi connectivity index (χ3n) is 1.97. The van der Waals surface area contributed by atoms with E-state index in [2.05, 4.69) is 19.1 Å². The van der Waals surface area contributed by atoms with Crippen LogP contribution in [-0.2, 0) is 6.42 Å². The Labute approximate surface area is 87.1 Å². The highest BCUT2D eigenvalue weighted by molar-refractivity contribution is 5.52. The molecule has 0 atom stereocenters. The summed E-state index contributed by atoms with van der Waals surface area (Å²) < 4.78 is 0. The van der Waals surface area contributed by atoms with Crippen molar-refractivity contribution in [2.75, 3.05) is 12.1 Å². The Bertz CT molecular complexity index is 269. The van der Waals surface area contributed by atoms with Crippen molar-refractivity contribution in [3.8, 4) is 0 Å². The molecular formula is C12H21NO. The van der Waals surface area contributed by atoms with Gasteiger partial charge in [0.05, 0.1) is 5.69 Å². The first-order valence-electron chi connectivity index (χ1n) is 5.17. The lowest BCUT2D eigenvalue weighted by Gasteiger charge is -2.15. The molecule has 2 nitrogen and oxygen atoms in total. The van der Waals surface area contributed by atoms with E-state index in [1.54, 1.807) is 7.05 Å². The second kappa shape index (κ2) is 6.44. The average molecular weight is 195 g/mol. The highest BCUT2D eigenvalue weighted by Crippen LogP contribution is 2.20. The number of hydrogen-bond acceptors (Lipinski definition) is 2. The summed E-state index contributed by atoms with van der Waals surface area (Å²) in [6.07, 6.45) is 0.945. The van der Waals surface area contributed by atoms with Gasteiger partial charge in [0.2, 0.25) is 0 Å². The van der Waals surface area contributed by atoms with Crippen molar-refractivity contribution in [2.45, 2.75) is 34.1 Å². The molecule has 0 saturated heterocycles. The molecule has 0 aliphatic heterocycles. The van der Waals surface area contributed by atoms with E-state index in [4.69, 9.17) is 0 Å². The lowest BCUT2D eigenvalue weighted by molar-refractivity contribution is 0.278. The predicted molar refractivity (Wildman–Crippen MR) is 62.1 cm³/mol. The molecule has 1 rings (SSSR count). The van der Waals surface area contributed by atoms with Crippen LogP contribution in [0.25, 0.3) is 0 Å². The molecule has 0 fully saturated rings. The molecule has 14 heavy (non-hydrogen) atoms. The summed E-state index contributed by atoms with van der Waals surface area (Å²) in [4.78, 5) is 0. The van der Waals surface area contributed by atoms with Gasteiger partial charge in [0, 0.05) is 7.05 Å². The van der Waals surface area contributed by atoms with Crippen LogP contribution in [0.5, 0.6) is 0 Å². The minimum Gasteiger partial charge on any atom is -0.289 e. The Kier molecular flexibility index (Phi) is 5.97. The molecule has 2 heteroatoms. The SMILES string of the molecule is CC.CCc1ccc(C)cc1N(C)O. The Morgan fingerprint density at radius 1 is 1.29 bits per heavy atom. The summed E-state index contributed by atoms with van der Waals surface area (Å²) in [5.74, 6) is 0. The first kappa shape index (κ1) is 13.0. The molecule has 0 unspecified atom stereocenters. The lowest BCUT2D eigenvalue weighted by Crippen LogP contribution is -2.12. The highest BCUT2D eigenvalue weighted by atomic mass is 16.5. The fraction of sp³-hybridized carbons (Fsp3) is 0.500. The Hall–Kier alpha value is -1.02. The van der Waals surface area contributed by atoms with Crippen LogP contribution in [0.1, 0.15) is 31.9 Å². The van der Waals surface area contributed by atoms with E-state index in [9.17, 15) is 5.21 Å². The molecule has 0 heterocycles. The van der Waals surface area contributed by atoms with Crippen molar-refractivity contribution in [1.82, 2.24) is 0 Å². The van der Waals surface area contributed by atoms with Gasteiger partial charge < -0.3 is 0 Å². The van der Waals surface area contributed by atoms with Crippen molar-refractivity contribution in [2.24, 2.45) is 0 Å². The topological polar surface area (TPSA) is 23.5 Å². The number of aryl methyl sites for hydroxylation is 2. The van der Waals surface area contributed by atoms with Gasteiger partial charge >= 0.3 is 0 Å². The molecule has 1 aromatic rings. The summed E-state index contributed by atoms with van der Waals surface area (Å²) in [6.45, 7) is 8.10. The molecule has 0 saturated carbocycles. The molecule has 0 radical (unpaired) electrons. The van der Waals surface area contributed by atoms with Gasteiger partial charge in [-0.2, -0.15) is 0 Å². The number of nitrogens with zero attached hydrogens (tertiary/aromatic N) is 1. The van der Waals surface area contributed by atoms with E-state index in [0.717, 1.165) is 12.1 Å². The molecule has 1 aromatic carbocycles. The fourth-order valence-corrected chi connectivity index (χ4v) is 1.27. The van der Waals surface area contributed by atoms with E-state index in [1.807, 2.05) is 26.8 Å². The Morgan fingerprint density at radius 2 is 1.86 bits per heavy atom. The molecule has 1 N–H and O–H groups in total. The zero-order chi connectivity index (χ0) is 11.1. The zero-order valence-corrected chi connectivity index (χ0v) is 9.83. The number of anilines is 1. The third-order valence-corrected chi connectivity index (χ3v) is 1.97. The monoisotopic (exact) mass is 195 g/mol. The van der Waals surface area contributed by atoms with Crippen LogP contribution in [0.2, 0.25) is 0 Å². The molecule has 80 valence electrons. The summed E-state index contributed by atoms with van der Waals surface area (Å²) in [5, 5.41) is 10.5. The van der Waals surface area contributed by atoms with Crippen molar-refractivity contribution in [3.63, 3.8) is 0 Å². The number of hydroxylamine groups is 1. The summed E-state index contributed by atoms with van der Waals surface area (Å²) in [5.41, 5.74) is 3.24. The standard InChI is InChI=1S/C10H15NO.C2H6/c1-4-9-6-5-8(2)7-10(9)11(3)12;1-2/h5-7,12H,4H2,1-3H3;1-2H3. The highest BCUT2D eigenvalue weighted by Gasteiger charge is 2.03. The largest absolute Gasteiger partial charge is 0.289 e. The van der Waals surface area contributed by atoms with E-state index in [-0.39, 0.29) is 0 Å². The first-order chi connectivity index (χ1) is 6.65. The second-order valence-corrected chi connectivity index (χ2v) is 3.01. The van der Waals surface area contributed by atoms with Gasteiger partial charge in [0.1, 0.15) is 0 Å². The third kappa shape index (κ3) is 3.38. The Balaban J connectivity index is 0.000000791. The molecule has 0 spiro atoms. The molecule has 0 amide bonds. The van der Waals surface area contributed by atoms with Crippen LogP contribution in [-0.4, -0.2) is 12.3 Å². The van der Waals surface area contributed by atoms with Crippen LogP contribution in [0.4, 0.5) is 5.69 Å². The van der Waals surface area contributed by atoms with Crippen molar-refractivity contribution < 1.29 is 5.21 Å². The molecule has 0 aliphatic rings. The maximum absolute atomic E-state index is 9.29. The number of hydrogen-bond donors (Lipinski definition) is 1. The summed E-state index contributed by atoms with van der Waals surface area (Å²) >= 11 is 0. The van der Waals surface area contributed by atoms with Gasteiger partial charge in [-0.3, -0.25) is 10.3 Å². The maximum atomic E-state index is 9.29. The van der Waals surface area contributed by atoms with Gasteiger partial charge in [-0.1, -0.05) is 32.9 Å². The van der Waals surface area contributed by atoms with Crippen molar-refractivity contribution in [3.05, 3.63) is 29.3 Å². The predicted octanol–water partition coefficient (Wildman–Crippen LogP) is 3.41. The quantitative estimate of drug-likeness (QED) is 0.731.